The van der Waals surface area contributed by atoms with Crippen molar-refractivity contribution in [3.05, 3.63) is 28.4 Å². The Kier molecular flexibility index (Phi) is 1.06. The SMILES string of the molecule is Cc1cnn2c(=O)[nH]ncc12. The van der Waals surface area contributed by atoms with Crippen LogP contribution >= 0.6 is 0 Å². The van der Waals surface area contributed by atoms with Gasteiger partial charge in [-0.2, -0.15) is 14.7 Å². The van der Waals surface area contributed by atoms with Gasteiger partial charge < -0.3 is 0 Å². The molecule has 0 aliphatic carbocycles. The summed E-state index contributed by atoms with van der Waals surface area (Å²) in [4.78, 5) is 11.0. The molecule has 5 nitrogen and oxygen atoms in total. The topological polar surface area (TPSA) is 63.1 Å². The van der Waals surface area contributed by atoms with Crippen molar-refractivity contribution in [3.63, 3.8) is 0 Å². The first-order chi connectivity index (χ1) is 5.29. The molecule has 0 aliphatic heterocycles. The first-order valence-electron chi connectivity index (χ1n) is 3.17. The molecule has 2 aromatic rings. The van der Waals surface area contributed by atoms with E-state index in [9.17, 15) is 4.79 Å². The third-order valence-electron chi connectivity index (χ3n) is 1.54. The fourth-order valence-corrected chi connectivity index (χ4v) is 0.954. The predicted octanol–water partition coefficient (Wildman–Crippen LogP) is -0.274. The second-order valence-electron chi connectivity index (χ2n) is 2.30. The number of aromatic nitrogens is 4. The summed E-state index contributed by atoms with van der Waals surface area (Å²) in [6, 6.07) is 0. The van der Waals surface area contributed by atoms with Gasteiger partial charge in [-0.25, -0.2) is 9.89 Å². The van der Waals surface area contributed by atoms with Gasteiger partial charge in [0.15, 0.2) is 0 Å². The highest BCUT2D eigenvalue weighted by atomic mass is 16.1. The van der Waals surface area contributed by atoms with Crippen molar-refractivity contribution in [1.29, 1.82) is 0 Å². The van der Waals surface area contributed by atoms with Crippen LogP contribution in [0.15, 0.2) is 17.2 Å². The van der Waals surface area contributed by atoms with Crippen LogP contribution in [0.4, 0.5) is 0 Å². The molecule has 0 amide bonds. The summed E-state index contributed by atoms with van der Waals surface area (Å²) in [5.74, 6) is 0. The van der Waals surface area contributed by atoms with Gasteiger partial charge in [-0.3, -0.25) is 0 Å². The minimum absolute atomic E-state index is 0.310. The summed E-state index contributed by atoms with van der Waals surface area (Å²) < 4.78 is 1.28. The number of fused-ring (bicyclic) bond motifs is 1. The maximum absolute atomic E-state index is 11.0. The number of hydrogen-bond acceptors (Lipinski definition) is 3. The molecule has 0 saturated carbocycles. The Morgan fingerprint density at radius 1 is 1.55 bits per heavy atom. The van der Waals surface area contributed by atoms with Crippen molar-refractivity contribution in [2.75, 3.05) is 0 Å². The Bertz CT molecular complexity index is 441. The summed E-state index contributed by atoms with van der Waals surface area (Å²) in [6.45, 7) is 1.88. The van der Waals surface area contributed by atoms with Crippen molar-refractivity contribution < 1.29 is 0 Å². The second-order valence-corrected chi connectivity index (χ2v) is 2.30. The Labute approximate surface area is 61.7 Å². The first-order valence-corrected chi connectivity index (χ1v) is 3.17. The van der Waals surface area contributed by atoms with Crippen molar-refractivity contribution >= 4 is 5.52 Å². The Morgan fingerprint density at radius 2 is 2.36 bits per heavy atom. The Balaban J connectivity index is 3.06. The first kappa shape index (κ1) is 6.09. The molecule has 2 rings (SSSR count). The number of aromatic amines is 1. The minimum Gasteiger partial charge on any atom is -0.244 e. The Morgan fingerprint density at radius 3 is 3.09 bits per heavy atom. The second kappa shape index (κ2) is 1.91. The summed E-state index contributed by atoms with van der Waals surface area (Å²) in [5.41, 5.74) is 1.38. The van der Waals surface area contributed by atoms with Crippen molar-refractivity contribution in [2.45, 2.75) is 6.92 Å². The van der Waals surface area contributed by atoms with Crippen LogP contribution in [0.1, 0.15) is 5.56 Å². The molecule has 0 radical (unpaired) electrons. The van der Waals surface area contributed by atoms with Crippen LogP contribution in [-0.4, -0.2) is 19.8 Å². The van der Waals surface area contributed by atoms with E-state index in [1.54, 1.807) is 12.4 Å². The van der Waals surface area contributed by atoms with Gasteiger partial charge in [0.2, 0.25) is 0 Å². The average Bonchev–Trinajstić information content (AvgIpc) is 2.35. The summed E-state index contributed by atoms with van der Waals surface area (Å²) in [6.07, 6.45) is 3.20. The van der Waals surface area contributed by atoms with Crippen molar-refractivity contribution in [1.82, 2.24) is 19.8 Å². The summed E-state index contributed by atoms with van der Waals surface area (Å²) in [7, 11) is 0. The third kappa shape index (κ3) is 0.739. The predicted molar refractivity (Wildman–Crippen MR) is 38.3 cm³/mol. The molecule has 0 aliphatic rings. The minimum atomic E-state index is -0.310. The lowest BCUT2D eigenvalue weighted by molar-refractivity contribution is 0.810. The summed E-state index contributed by atoms with van der Waals surface area (Å²) in [5, 5.41) is 9.78. The van der Waals surface area contributed by atoms with Gasteiger partial charge in [-0.15, -0.1) is 0 Å². The zero-order valence-electron chi connectivity index (χ0n) is 5.90. The van der Waals surface area contributed by atoms with E-state index in [0.717, 1.165) is 11.1 Å². The highest BCUT2D eigenvalue weighted by molar-refractivity contribution is 5.49. The van der Waals surface area contributed by atoms with Crippen LogP contribution < -0.4 is 5.69 Å². The molecule has 11 heavy (non-hydrogen) atoms. The molecule has 0 unspecified atom stereocenters. The molecular formula is C6H6N4O. The van der Waals surface area contributed by atoms with Gasteiger partial charge in [0.1, 0.15) is 0 Å². The molecule has 0 spiro atoms. The lowest BCUT2D eigenvalue weighted by atomic mass is 10.3. The van der Waals surface area contributed by atoms with E-state index in [-0.39, 0.29) is 5.69 Å². The van der Waals surface area contributed by atoms with Crippen LogP contribution in [0.3, 0.4) is 0 Å². The molecule has 5 heteroatoms. The molecule has 0 fully saturated rings. The number of hydrogen-bond donors (Lipinski definition) is 1. The lowest BCUT2D eigenvalue weighted by Gasteiger charge is -1.88. The molecule has 0 atom stereocenters. The normalized spacial score (nSPS) is 10.6. The zero-order chi connectivity index (χ0) is 7.84. The van der Waals surface area contributed by atoms with E-state index >= 15 is 0 Å². The number of aryl methyl sites for hydroxylation is 1. The van der Waals surface area contributed by atoms with E-state index in [1.165, 1.54) is 4.52 Å². The maximum atomic E-state index is 11.0. The highest BCUT2D eigenvalue weighted by Crippen LogP contribution is 2.02. The lowest BCUT2D eigenvalue weighted by Crippen LogP contribution is -2.17. The smallest absolute Gasteiger partial charge is 0.244 e. The van der Waals surface area contributed by atoms with Crippen LogP contribution in [0.25, 0.3) is 5.52 Å². The monoisotopic (exact) mass is 150 g/mol. The van der Waals surface area contributed by atoms with Gasteiger partial charge in [-0.05, 0) is 12.5 Å². The van der Waals surface area contributed by atoms with Crippen LogP contribution in [-0.2, 0) is 0 Å². The fraction of sp³-hybridized carbons (Fsp3) is 0.167. The molecule has 2 aromatic heterocycles. The number of rotatable bonds is 0. The molecule has 0 aromatic carbocycles. The van der Waals surface area contributed by atoms with Crippen molar-refractivity contribution in [3.8, 4) is 0 Å². The van der Waals surface area contributed by atoms with Crippen LogP contribution in [0.2, 0.25) is 0 Å². The molecule has 0 saturated heterocycles. The third-order valence-corrected chi connectivity index (χ3v) is 1.54. The van der Waals surface area contributed by atoms with E-state index in [0.29, 0.717) is 0 Å². The molecule has 56 valence electrons. The largest absolute Gasteiger partial charge is 0.363 e. The van der Waals surface area contributed by atoms with E-state index in [1.807, 2.05) is 6.92 Å². The number of nitrogens with one attached hydrogen (secondary N) is 1. The van der Waals surface area contributed by atoms with Crippen molar-refractivity contribution in [2.24, 2.45) is 0 Å². The number of nitrogens with zero attached hydrogens (tertiary/aromatic N) is 3. The molecule has 0 bridgehead atoms. The fourth-order valence-electron chi connectivity index (χ4n) is 0.954. The van der Waals surface area contributed by atoms with E-state index < -0.39 is 0 Å². The van der Waals surface area contributed by atoms with Crippen LogP contribution in [0, 0.1) is 6.92 Å². The van der Waals surface area contributed by atoms with Gasteiger partial charge in [0.05, 0.1) is 17.9 Å². The maximum Gasteiger partial charge on any atom is 0.363 e. The average molecular weight is 150 g/mol. The molecular weight excluding hydrogens is 144 g/mol. The highest BCUT2D eigenvalue weighted by Gasteiger charge is 2.00. The van der Waals surface area contributed by atoms with Gasteiger partial charge in [-0.1, -0.05) is 0 Å². The van der Waals surface area contributed by atoms with Gasteiger partial charge in [0, 0.05) is 0 Å². The van der Waals surface area contributed by atoms with Gasteiger partial charge in [0.25, 0.3) is 0 Å². The summed E-state index contributed by atoms with van der Waals surface area (Å²) >= 11 is 0. The van der Waals surface area contributed by atoms with Gasteiger partial charge >= 0.3 is 5.69 Å². The molecule has 2 heterocycles. The number of H-pyrrole nitrogens is 1. The van der Waals surface area contributed by atoms with E-state index in [2.05, 4.69) is 15.3 Å². The zero-order valence-corrected chi connectivity index (χ0v) is 5.90. The standard InChI is InChI=1S/C6H6N4O/c1-4-2-8-10-5(4)3-7-9-6(10)11/h2-3H,1H3,(H,9,11). The molecule has 1 N–H and O–H groups in total. The Hall–Kier alpha value is -1.65. The van der Waals surface area contributed by atoms with Crippen LogP contribution in [0.5, 0.6) is 0 Å². The quantitative estimate of drug-likeness (QED) is 0.562. The van der Waals surface area contributed by atoms with E-state index in [4.69, 9.17) is 0 Å².